The minimum Gasteiger partial charge on any atom is -0.395 e. The van der Waals surface area contributed by atoms with Crippen LogP contribution in [0.3, 0.4) is 0 Å². The molecule has 35 heavy (non-hydrogen) atoms. The summed E-state index contributed by atoms with van der Waals surface area (Å²) in [6.45, 7) is 8.72. The molecule has 1 aliphatic rings. The number of nitrogens with zero attached hydrogens (tertiary/aromatic N) is 3. The first-order valence-electron chi connectivity index (χ1n) is 11.6. The number of aliphatic hydroxyl groups is 1. The minimum absolute atomic E-state index is 0.0624. The van der Waals surface area contributed by atoms with Crippen LogP contribution >= 0.6 is 0 Å². The van der Waals surface area contributed by atoms with E-state index < -0.39 is 5.82 Å². The van der Waals surface area contributed by atoms with Crippen LogP contribution in [0.4, 0.5) is 10.1 Å². The largest absolute Gasteiger partial charge is 0.395 e. The first-order chi connectivity index (χ1) is 17.0. The number of nitrogens with two attached hydrogens (primary N) is 1. The number of carbonyl (C=O) groups excluding carboxylic acids is 1. The van der Waals surface area contributed by atoms with Crippen LogP contribution in [0.25, 0.3) is 27.2 Å². The number of rotatable bonds is 7. The molecule has 1 fully saturated rings. The molecule has 2 aromatic carbocycles. The molecule has 0 radical (unpaired) electrons. The second-order valence-electron chi connectivity index (χ2n) is 8.73. The van der Waals surface area contributed by atoms with Crippen LogP contribution in [0.15, 0.2) is 48.5 Å². The number of methoxy groups -OCH3 is 1. The van der Waals surface area contributed by atoms with Crippen LogP contribution in [0.1, 0.15) is 28.9 Å². The molecular weight excluding hydrogens is 447 g/mol. The molecule has 0 saturated carbocycles. The molecule has 1 aromatic heterocycles. The fraction of sp³-hybridized carbons (Fsp3) is 0.333. The normalized spacial score (nSPS) is 15.7. The second kappa shape index (κ2) is 10.8. The van der Waals surface area contributed by atoms with Gasteiger partial charge in [-0.3, -0.25) is 4.79 Å². The number of halogens is 1. The van der Waals surface area contributed by atoms with Crippen LogP contribution in [0.2, 0.25) is 0 Å². The van der Waals surface area contributed by atoms with Crippen LogP contribution in [-0.4, -0.2) is 53.3 Å². The number of amides is 1. The average molecular weight is 477 g/mol. The Kier molecular flexibility index (Phi) is 7.61. The molecule has 4 rings (SSSR count). The fourth-order valence-corrected chi connectivity index (χ4v) is 4.64. The summed E-state index contributed by atoms with van der Waals surface area (Å²) < 4.78 is 21.6. The lowest BCUT2D eigenvalue weighted by atomic mass is 10.00. The number of likely N-dealkylation sites (tertiary alicyclic amines) is 1. The number of hydrogen-bond donors (Lipinski definition) is 2. The molecule has 0 spiro atoms. The maximum atomic E-state index is 14.6. The predicted molar refractivity (Wildman–Crippen MR) is 132 cm³/mol. The van der Waals surface area contributed by atoms with Crippen molar-refractivity contribution in [3.63, 3.8) is 0 Å². The average Bonchev–Trinajstić information content (AvgIpc) is 3.23. The van der Waals surface area contributed by atoms with Gasteiger partial charge in [-0.15, -0.1) is 0 Å². The molecule has 3 N–H and O–H groups in total. The highest BCUT2D eigenvalue weighted by molar-refractivity contribution is 5.98. The Labute approximate surface area is 204 Å². The van der Waals surface area contributed by atoms with Crippen molar-refractivity contribution < 1.29 is 19.0 Å². The molecule has 8 heteroatoms. The Bertz CT molecular complexity index is 1250. The number of hydrogen-bond acceptors (Lipinski definition) is 4. The monoisotopic (exact) mass is 476 g/mol. The number of piperidine rings is 1. The zero-order chi connectivity index (χ0) is 24.9. The van der Waals surface area contributed by atoms with E-state index in [2.05, 4.69) is 4.85 Å². The summed E-state index contributed by atoms with van der Waals surface area (Å²) in [7, 11) is 1.63. The van der Waals surface area contributed by atoms with Crippen molar-refractivity contribution in [3.8, 4) is 22.4 Å². The maximum Gasteiger partial charge on any atom is 0.270 e. The third-order valence-corrected chi connectivity index (χ3v) is 6.30. The van der Waals surface area contributed by atoms with E-state index in [-0.39, 0.29) is 30.8 Å². The number of aromatic nitrogens is 1. The van der Waals surface area contributed by atoms with Gasteiger partial charge in [-0.1, -0.05) is 36.4 Å². The van der Waals surface area contributed by atoms with Gasteiger partial charge < -0.3 is 25.0 Å². The zero-order valence-corrected chi connectivity index (χ0v) is 19.7. The summed E-state index contributed by atoms with van der Waals surface area (Å²) in [4.78, 5) is 18.6. The zero-order valence-electron chi connectivity index (χ0n) is 19.7. The maximum absolute atomic E-state index is 14.6. The minimum atomic E-state index is -0.622. The van der Waals surface area contributed by atoms with E-state index in [0.29, 0.717) is 42.2 Å². The molecule has 3 aromatic rings. The van der Waals surface area contributed by atoms with Crippen molar-refractivity contribution in [1.82, 2.24) is 9.47 Å². The predicted octanol–water partition coefficient (Wildman–Crippen LogP) is 4.21. The van der Waals surface area contributed by atoms with E-state index >= 15 is 0 Å². The topological polar surface area (TPSA) is 85.1 Å². The lowest BCUT2D eigenvalue weighted by Gasteiger charge is -2.31. The Balaban J connectivity index is 1.89. The molecule has 2 heterocycles. The molecule has 1 saturated heterocycles. The van der Waals surface area contributed by atoms with E-state index in [1.54, 1.807) is 28.7 Å². The molecule has 1 atom stereocenters. The molecule has 0 unspecified atom stereocenters. The first kappa shape index (κ1) is 24.6. The molecular formula is C27H29FN4O3. The highest BCUT2D eigenvalue weighted by Gasteiger charge is 2.28. The Morgan fingerprint density at radius 1 is 1.23 bits per heavy atom. The Hall–Kier alpha value is -3.51. The standard InChI is InChI=1S/C27H29FN4O3/c1-30-24-10-9-20(14-23(24)28)22-15-25(27(34)31-11-3-4-21(29)16-31)32(12-13-33)26(22)19-7-5-18(6-8-19)17-35-2/h5-10,14-15,21,33H,3-4,11-13,16-17,29H2,2H3/t21-/m1/s1. The van der Waals surface area contributed by atoms with Gasteiger partial charge in [0, 0.05) is 38.3 Å². The second-order valence-corrected chi connectivity index (χ2v) is 8.73. The van der Waals surface area contributed by atoms with E-state index in [9.17, 15) is 14.3 Å². The Morgan fingerprint density at radius 3 is 2.60 bits per heavy atom. The number of benzene rings is 2. The van der Waals surface area contributed by atoms with Crippen molar-refractivity contribution in [3.05, 3.63) is 77.0 Å². The first-order valence-corrected chi connectivity index (χ1v) is 11.6. The summed E-state index contributed by atoms with van der Waals surface area (Å²) >= 11 is 0. The van der Waals surface area contributed by atoms with Crippen molar-refractivity contribution in [2.45, 2.75) is 32.0 Å². The number of carbonyl (C=O) groups is 1. The SMILES string of the molecule is [C-]#[N+]c1ccc(-c2cc(C(=O)N3CCC[C@@H](N)C3)n(CCO)c2-c2ccc(COC)cc2)cc1F. The summed E-state index contributed by atoms with van der Waals surface area (Å²) in [6.07, 6.45) is 1.70. The lowest BCUT2D eigenvalue weighted by Crippen LogP contribution is -2.46. The highest BCUT2D eigenvalue weighted by atomic mass is 19.1. The Morgan fingerprint density at radius 2 is 1.97 bits per heavy atom. The molecule has 1 amide bonds. The fourth-order valence-electron chi connectivity index (χ4n) is 4.64. The van der Waals surface area contributed by atoms with Crippen LogP contribution < -0.4 is 5.73 Å². The van der Waals surface area contributed by atoms with E-state index in [4.69, 9.17) is 17.0 Å². The van der Waals surface area contributed by atoms with Crippen LogP contribution in [0, 0.1) is 12.4 Å². The lowest BCUT2D eigenvalue weighted by molar-refractivity contribution is 0.0697. The van der Waals surface area contributed by atoms with Crippen LogP contribution in [0.5, 0.6) is 0 Å². The van der Waals surface area contributed by atoms with Gasteiger partial charge in [0.2, 0.25) is 5.69 Å². The van der Waals surface area contributed by atoms with Gasteiger partial charge in [-0.2, -0.15) is 0 Å². The summed E-state index contributed by atoms with van der Waals surface area (Å²) in [5.41, 5.74) is 10.2. The van der Waals surface area contributed by atoms with Crippen molar-refractivity contribution >= 4 is 11.6 Å². The summed E-state index contributed by atoms with van der Waals surface area (Å²) in [6, 6.07) is 13.9. The van der Waals surface area contributed by atoms with Gasteiger partial charge in [0.25, 0.3) is 5.91 Å². The van der Waals surface area contributed by atoms with Gasteiger partial charge in [0.15, 0.2) is 0 Å². The van der Waals surface area contributed by atoms with Crippen molar-refractivity contribution in [2.24, 2.45) is 5.73 Å². The van der Waals surface area contributed by atoms with Gasteiger partial charge >= 0.3 is 0 Å². The smallest absolute Gasteiger partial charge is 0.270 e. The summed E-state index contributed by atoms with van der Waals surface area (Å²) in [5, 5.41) is 9.88. The molecule has 1 aliphatic heterocycles. The van der Waals surface area contributed by atoms with E-state index in [0.717, 1.165) is 24.0 Å². The molecule has 7 nitrogen and oxygen atoms in total. The van der Waals surface area contributed by atoms with Crippen molar-refractivity contribution in [1.29, 1.82) is 0 Å². The van der Waals surface area contributed by atoms with Gasteiger partial charge in [-0.05, 0) is 41.7 Å². The number of ether oxygens (including phenoxy) is 1. The van der Waals surface area contributed by atoms with Crippen LogP contribution in [-0.2, 0) is 17.9 Å². The van der Waals surface area contributed by atoms with Gasteiger partial charge in [-0.25, -0.2) is 9.24 Å². The molecule has 0 aliphatic carbocycles. The number of aliphatic hydroxyl groups excluding tert-OH is 1. The van der Waals surface area contributed by atoms with Gasteiger partial charge in [0.1, 0.15) is 11.5 Å². The quantitative estimate of drug-likeness (QED) is 0.500. The highest BCUT2D eigenvalue weighted by Crippen LogP contribution is 2.38. The van der Waals surface area contributed by atoms with E-state index in [1.165, 1.54) is 12.1 Å². The van der Waals surface area contributed by atoms with Gasteiger partial charge in [0.05, 0.1) is 25.5 Å². The van der Waals surface area contributed by atoms with Crippen molar-refractivity contribution in [2.75, 3.05) is 26.8 Å². The third kappa shape index (κ3) is 5.13. The molecule has 0 bridgehead atoms. The third-order valence-electron chi connectivity index (χ3n) is 6.30. The van der Waals surface area contributed by atoms with E-state index in [1.807, 2.05) is 24.3 Å². The molecule has 182 valence electrons. The summed E-state index contributed by atoms with van der Waals surface area (Å²) in [5.74, 6) is -0.793.